The Morgan fingerprint density at radius 1 is 0.300 bits per heavy atom. The lowest BCUT2D eigenvalue weighted by Gasteiger charge is -2.28. The second-order valence-electron chi connectivity index (χ2n) is 15.3. The molecule has 0 unspecified atom stereocenters. The fourth-order valence-corrected chi connectivity index (χ4v) is 8.97. The first-order valence-corrected chi connectivity index (χ1v) is 20.6. The minimum atomic E-state index is 1.09. The van der Waals surface area contributed by atoms with Gasteiger partial charge in [-0.3, -0.25) is 0 Å². The molecule has 0 aliphatic heterocycles. The molecule has 1 heterocycles. The molecule has 0 N–H and O–H groups in total. The smallest absolute Gasteiger partial charge is 0.0562 e. The number of rotatable bonds is 8. The molecule has 1 aromatic heterocycles. The molecule has 0 spiro atoms. The van der Waals surface area contributed by atoms with Crippen molar-refractivity contribution in [2.45, 2.75) is 0 Å². The molecule has 2 nitrogen and oxygen atoms in total. The SMILES string of the molecule is c1ccc(-c2ccc(-c3ccc(N(c4ccccc4)c4cccc5c4c4ccccc4n5-c4ccccc4-c4ccccc4)cc3-c3ccc4ccccc4c3)cc2)cc1. The van der Waals surface area contributed by atoms with Gasteiger partial charge in [0.1, 0.15) is 0 Å². The first kappa shape index (κ1) is 35.2. The highest BCUT2D eigenvalue weighted by molar-refractivity contribution is 6.17. The van der Waals surface area contributed by atoms with E-state index in [1.165, 1.54) is 71.6 Å². The van der Waals surface area contributed by atoms with E-state index in [0.717, 1.165) is 28.3 Å². The molecule has 10 aromatic carbocycles. The fraction of sp³-hybridized carbons (Fsp3) is 0. The van der Waals surface area contributed by atoms with Crippen LogP contribution in [0.4, 0.5) is 17.1 Å². The van der Waals surface area contributed by atoms with Crippen LogP contribution in [-0.2, 0) is 0 Å². The zero-order valence-electron chi connectivity index (χ0n) is 33.0. The molecule has 0 fully saturated rings. The van der Waals surface area contributed by atoms with E-state index >= 15 is 0 Å². The second kappa shape index (κ2) is 15.1. The lowest BCUT2D eigenvalue weighted by Crippen LogP contribution is -2.10. The molecule has 0 bridgehead atoms. The maximum atomic E-state index is 2.45. The van der Waals surface area contributed by atoms with Crippen LogP contribution in [0.3, 0.4) is 0 Å². The molecule has 0 aliphatic carbocycles. The first-order valence-electron chi connectivity index (χ1n) is 20.6. The van der Waals surface area contributed by atoms with Crippen molar-refractivity contribution >= 4 is 49.6 Å². The van der Waals surface area contributed by atoms with Crippen LogP contribution in [0.25, 0.3) is 82.8 Å². The number of benzene rings is 10. The molecule has 11 aromatic rings. The Morgan fingerprint density at radius 2 is 0.883 bits per heavy atom. The third-order valence-electron chi connectivity index (χ3n) is 11.8. The predicted octanol–water partition coefficient (Wildman–Crippen LogP) is 16.1. The molecule has 0 saturated heterocycles. The van der Waals surface area contributed by atoms with Gasteiger partial charge in [0.25, 0.3) is 0 Å². The van der Waals surface area contributed by atoms with Crippen molar-refractivity contribution in [1.82, 2.24) is 4.57 Å². The molecule has 2 heteroatoms. The fourth-order valence-electron chi connectivity index (χ4n) is 8.97. The molecule has 282 valence electrons. The number of hydrogen-bond donors (Lipinski definition) is 0. The standard InChI is InChI=1S/C58H40N2/c1-4-17-41(18-5-1)43-31-34-45(35-32-43)50-38-37-49(40-53(50)47-36-33-42-19-10-11-22-46(42)39-47)59(48-23-8-3-9-24-48)56-29-16-30-57-58(56)52-26-13-15-28-55(52)60(57)54-27-14-12-25-51(54)44-20-6-2-7-21-44/h1-40H. The number of fused-ring (bicyclic) bond motifs is 4. The highest BCUT2D eigenvalue weighted by atomic mass is 15.1. The van der Waals surface area contributed by atoms with Crippen LogP contribution in [-0.4, -0.2) is 4.57 Å². The normalized spacial score (nSPS) is 11.3. The summed E-state index contributed by atoms with van der Waals surface area (Å²) in [4.78, 5) is 2.44. The molecule has 0 saturated carbocycles. The quantitative estimate of drug-likeness (QED) is 0.150. The van der Waals surface area contributed by atoms with E-state index in [4.69, 9.17) is 0 Å². The summed E-state index contributed by atoms with van der Waals surface area (Å²) in [5.74, 6) is 0. The third kappa shape index (κ3) is 6.23. The summed E-state index contributed by atoms with van der Waals surface area (Å²) < 4.78 is 2.45. The molecule has 11 rings (SSSR count). The highest BCUT2D eigenvalue weighted by Crippen LogP contribution is 2.46. The topological polar surface area (TPSA) is 8.17 Å². The molecule has 60 heavy (non-hydrogen) atoms. The molecule has 0 atom stereocenters. The molecular formula is C58H40N2. The zero-order chi connectivity index (χ0) is 39.8. The van der Waals surface area contributed by atoms with Gasteiger partial charge in [-0.2, -0.15) is 0 Å². The van der Waals surface area contributed by atoms with Crippen molar-refractivity contribution in [3.63, 3.8) is 0 Å². The molecule has 0 radical (unpaired) electrons. The molecule has 0 aliphatic rings. The van der Waals surface area contributed by atoms with Crippen molar-refractivity contribution in [3.05, 3.63) is 243 Å². The van der Waals surface area contributed by atoms with E-state index in [2.05, 4.69) is 252 Å². The summed E-state index contributed by atoms with van der Waals surface area (Å²) in [7, 11) is 0. The number of hydrogen-bond acceptors (Lipinski definition) is 1. The molecular weight excluding hydrogens is 725 g/mol. The Bertz CT molecular complexity index is 3290. The summed E-state index contributed by atoms with van der Waals surface area (Å²) >= 11 is 0. The largest absolute Gasteiger partial charge is 0.310 e. The van der Waals surface area contributed by atoms with Gasteiger partial charge < -0.3 is 9.47 Å². The predicted molar refractivity (Wildman–Crippen MR) is 255 cm³/mol. The van der Waals surface area contributed by atoms with Gasteiger partial charge in [0.2, 0.25) is 0 Å². The number of para-hydroxylation sites is 3. The van der Waals surface area contributed by atoms with Crippen molar-refractivity contribution in [3.8, 4) is 50.2 Å². The molecule has 0 amide bonds. The summed E-state index contributed by atoms with van der Waals surface area (Å²) in [6, 6.07) is 87.9. The van der Waals surface area contributed by atoms with Crippen LogP contribution in [0.15, 0.2) is 243 Å². The minimum Gasteiger partial charge on any atom is -0.310 e. The zero-order valence-corrected chi connectivity index (χ0v) is 33.0. The van der Waals surface area contributed by atoms with E-state index in [1.54, 1.807) is 0 Å². The Balaban J connectivity index is 1.14. The Morgan fingerprint density at radius 3 is 1.68 bits per heavy atom. The Labute approximate surface area is 350 Å². The highest BCUT2D eigenvalue weighted by Gasteiger charge is 2.23. The lowest BCUT2D eigenvalue weighted by molar-refractivity contribution is 1.18. The van der Waals surface area contributed by atoms with Gasteiger partial charge in [0.05, 0.1) is 22.4 Å². The van der Waals surface area contributed by atoms with E-state index in [1.807, 2.05) is 0 Å². The van der Waals surface area contributed by atoms with Crippen LogP contribution >= 0.6 is 0 Å². The van der Waals surface area contributed by atoms with Gasteiger partial charge in [-0.25, -0.2) is 0 Å². The van der Waals surface area contributed by atoms with Crippen molar-refractivity contribution in [1.29, 1.82) is 0 Å². The Kier molecular flexibility index (Phi) is 8.87. The van der Waals surface area contributed by atoms with Gasteiger partial charge in [-0.1, -0.05) is 188 Å². The number of nitrogens with zero attached hydrogens (tertiary/aromatic N) is 2. The van der Waals surface area contributed by atoms with E-state index in [0.29, 0.717) is 0 Å². The minimum absolute atomic E-state index is 1.09. The van der Waals surface area contributed by atoms with Gasteiger partial charge in [-0.05, 0) is 104 Å². The van der Waals surface area contributed by atoms with Crippen LogP contribution < -0.4 is 4.90 Å². The summed E-state index contributed by atoms with van der Waals surface area (Å²) in [5, 5.41) is 4.86. The Hall–Kier alpha value is -7.94. The summed E-state index contributed by atoms with van der Waals surface area (Å²) in [6.45, 7) is 0. The maximum Gasteiger partial charge on any atom is 0.0562 e. The third-order valence-corrected chi connectivity index (χ3v) is 11.8. The lowest BCUT2D eigenvalue weighted by atomic mass is 9.91. The van der Waals surface area contributed by atoms with Gasteiger partial charge >= 0.3 is 0 Å². The van der Waals surface area contributed by atoms with Gasteiger partial charge in [0, 0.05) is 27.7 Å². The van der Waals surface area contributed by atoms with Crippen molar-refractivity contribution in [2.24, 2.45) is 0 Å². The second-order valence-corrected chi connectivity index (χ2v) is 15.3. The average Bonchev–Trinajstić information content (AvgIpc) is 3.67. The van der Waals surface area contributed by atoms with E-state index in [-0.39, 0.29) is 0 Å². The summed E-state index contributed by atoms with van der Waals surface area (Å²) in [6.07, 6.45) is 0. The van der Waals surface area contributed by atoms with Crippen molar-refractivity contribution < 1.29 is 0 Å². The van der Waals surface area contributed by atoms with Crippen LogP contribution in [0.1, 0.15) is 0 Å². The monoisotopic (exact) mass is 764 g/mol. The van der Waals surface area contributed by atoms with E-state index in [9.17, 15) is 0 Å². The van der Waals surface area contributed by atoms with Crippen LogP contribution in [0.5, 0.6) is 0 Å². The van der Waals surface area contributed by atoms with E-state index < -0.39 is 0 Å². The number of aromatic nitrogens is 1. The maximum absolute atomic E-state index is 2.45. The first-order chi connectivity index (χ1) is 29.8. The van der Waals surface area contributed by atoms with Crippen molar-refractivity contribution in [2.75, 3.05) is 4.90 Å². The van der Waals surface area contributed by atoms with Crippen LogP contribution in [0, 0.1) is 0 Å². The summed E-state index contributed by atoms with van der Waals surface area (Å²) in [5.41, 5.74) is 16.3. The van der Waals surface area contributed by atoms with Crippen LogP contribution in [0.2, 0.25) is 0 Å². The van der Waals surface area contributed by atoms with Gasteiger partial charge in [0.15, 0.2) is 0 Å². The average molecular weight is 765 g/mol. The number of anilines is 3. The van der Waals surface area contributed by atoms with Gasteiger partial charge in [-0.15, -0.1) is 0 Å².